The fourth-order valence-electron chi connectivity index (χ4n) is 1.60. The van der Waals surface area contributed by atoms with Crippen molar-refractivity contribution < 1.29 is 9.90 Å². The molecule has 0 saturated carbocycles. The van der Waals surface area contributed by atoms with E-state index in [4.69, 9.17) is 5.11 Å². The van der Waals surface area contributed by atoms with E-state index in [1.807, 2.05) is 32.0 Å². The number of carbonyl (C=O) groups excluding carboxylic acids is 1. The Balaban J connectivity index is 2.81. The van der Waals surface area contributed by atoms with Gasteiger partial charge in [0.15, 0.2) is 0 Å². The van der Waals surface area contributed by atoms with Gasteiger partial charge in [0, 0.05) is 24.1 Å². The van der Waals surface area contributed by atoms with E-state index in [0.29, 0.717) is 12.8 Å². The van der Waals surface area contributed by atoms with Gasteiger partial charge in [-0.05, 0) is 37.1 Å². The number of aryl methyl sites for hydroxylation is 1. The molecule has 0 aromatic heterocycles. The number of hydrogen-bond donors (Lipinski definition) is 2. The Labute approximate surface area is 108 Å². The van der Waals surface area contributed by atoms with Crippen molar-refractivity contribution in [1.82, 2.24) is 0 Å². The number of hydrogen-bond acceptors (Lipinski definition) is 2. The summed E-state index contributed by atoms with van der Waals surface area (Å²) >= 11 is 0. The quantitative estimate of drug-likeness (QED) is 0.801. The number of nitrogens with one attached hydrogen (secondary N) is 1. The molecule has 1 aromatic carbocycles. The molecule has 0 aliphatic heterocycles. The SMILES string of the molecule is CCCC(=O)Nc1cc(C)cc(C#CCCO)c1. The Morgan fingerprint density at radius 2 is 2.17 bits per heavy atom. The van der Waals surface area contributed by atoms with Gasteiger partial charge in [0.05, 0.1) is 6.61 Å². The molecule has 0 heterocycles. The zero-order valence-electron chi connectivity index (χ0n) is 10.9. The Morgan fingerprint density at radius 3 is 2.83 bits per heavy atom. The molecule has 0 atom stereocenters. The summed E-state index contributed by atoms with van der Waals surface area (Å²) in [6, 6.07) is 5.73. The number of rotatable bonds is 4. The number of aliphatic hydroxyl groups is 1. The first kappa shape index (κ1) is 14.3. The molecule has 0 spiro atoms. The molecule has 0 bridgehead atoms. The van der Waals surface area contributed by atoms with E-state index in [1.165, 1.54) is 0 Å². The molecular formula is C15H19NO2. The summed E-state index contributed by atoms with van der Waals surface area (Å²) in [5, 5.41) is 11.5. The fraction of sp³-hybridized carbons (Fsp3) is 0.400. The highest BCUT2D eigenvalue weighted by atomic mass is 16.2. The summed E-state index contributed by atoms with van der Waals surface area (Å²) in [5.41, 5.74) is 2.69. The lowest BCUT2D eigenvalue weighted by molar-refractivity contribution is -0.116. The minimum atomic E-state index is 0.0253. The molecule has 0 unspecified atom stereocenters. The molecule has 96 valence electrons. The zero-order chi connectivity index (χ0) is 13.4. The van der Waals surface area contributed by atoms with Gasteiger partial charge in [-0.2, -0.15) is 0 Å². The van der Waals surface area contributed by atoms with Crippen LogP contribution in [0.1, 0.15) is 37.3 Å². The van der Waals surface area contributed by atoms with Crippen LogP contribution in [0.15, 0.2) is 18.2 Å². The highest BCUT2D eigenvalue weighted by molar-refractivity contribution is 5.90. The summed E-state index contributed by atoms with van der Waals surface area (Å²) in [4.78, 5) is 11.5. The van der Waals surface area contributed by atoms with E-state index in [9.17, 15) is 4.79 Å². The van der Waals surface area contributed by atoms with Crippen molar-refractivity contribution >= 4 is 11.6 Å². The second kappa shape index (κ2) is 7.52. The third-order valence-electron chi connectivity index (χ3n) is 2.31. The van der Waals surface area contributed by atoms with Gasteiger partial charge in [0.25, 0.3) is 0 Å². The largest absolute Gasteiger partial charge is 0.395 e. The van der Waals surface area contributed by atoms with Gasteiger partial charge < -0.3 is 10.4 Å². The first-order valence-corrected chi connectivity index (χ1v) is 6.17. The maximum atomic E-state index is 11.5. The minimum Gasteiger partial charge on any atom is -0.395 e. The van der Waals surface area contributed by atoms with Crippen molar-refractivity contribution in [3.05, 3.63) is 29.3 Å². The van der Waals surface area contributed by atoms with Crippen LogP contribution in [0.3, 0.4) is 0 Å². The monoisotopic (exact) mass is 245 g/mol. The average Bonchev–Trinajstić information content (AvgIpc) is 2.28. The number of carbonyl (C=O) groups is 1. The lowest BCUT2D eigenvalue weighted by Crippen LogP contribution is -2.10. The number of benzene rings is 1. The third-order valence-corrected chi connectivity index (χ3v) is 2.31. The molecule has 0 radical (unpaired) electrons. The van der Waals surface area contributed by atoms with Gasteiger partial charge >= 0.3 is 0 Å². The molecule has 1 amide bonds. The van der Waals surface area contributed by atoms with Gasteiger partial charge in [0.1, 0.15) is 0 Å². The lowest BCUT2D eigenvalue weighted by atomic mass is 10.1. The second-order valence-corrected chi connectivity index (χ2v) is 4.16. The smallest absolute Gasteiger partial charge is 0.224 e. The van der Waals surface area contributed by atoms with Crippen LogP contribution < -0.4 is 5.32 Å². The van der Waals surface area contributed by atoms with Gasteiger partial charge in [-0.1, -0.05) is 18.8 Å². The summed E-state index contributed by atoms with van der Waals surface area (Å²) in [5.74, 6) is 5.87. The predicted molar refractivity (Wildman–Crippen MR) is 73.3 cm³/mol. The molecule has 2 N–H and O–H groups in total. The van der Waals surface area contributed by atoms with E-state index >= 15 is 0 Å². The summed E-state index contributed by atoms with van der Waals surface area (Å²) < 4.78 is 0. The van der Waals surface area contributed by atoms with Crippen LogP contribution in [-0.4, -0.2) is 17.6 Å². The highest BCUT2D eigenvalue weighted by Gasteiger charge is 2.02. The van der Waals surface area contributed by atoms with Crippen LogP contribution in [0.2, 0.25) is 0 Å². The molecule has 3 nitrogen and oxygen atoms in total. The van der Waals surface area contributed by atoms with E-state index < -0.39 is 0 Å². The Bertz CT molecular complexity index is 469. The third kappa shape index (κ3) is 5.03. The molecule has 1 rings (SSSR count). The molecule has 1 aromatic rings. The second-order valence-electron chi connectivity index (χ2n) is 4.16. The topological polar surface area (TPSA) is 49.3 Å². The summed E-state index contributed by atoms with van der Waals surface area (Å²) in [7, 11) is 0. The van der Waals surface area contributed by atoms with E-state index in [-0.39, 0.29) is 12.5 Å². The molecule has 3 heteroatoms. The van der Waals surface area contributed by atoms with Crippen LogP contribution in [0, 0.1) is 18.8 Å². The van der Waals surface area contributed by atoms with Gasteiger partial charge in [-0.3, -0.25) is 4.79 Å². The molecule has 0 aliphatic rings. The molecule has 0 saturated heterocycles. The van der Waals surface area contributed by atoms with Crippen molar-refractivity contribution in [1.29, 1.82) is 0 Å². The van der Waals surface area contributed by atoms with Gasteiger partial charge in [-0.25, -0.2) is 0 Å². The zero-order valence-corrected chi connectivity index (χ0v) is 10.9. The molecule has 18 heavy (non-hydrogen) atoms. The normalized spacial score (nSPS) is 9.50. The lowest BCUT2D eigenvalue weighted by Gasteiger charge is -2.06. The summed E-state index contributed by atoms with van der Waals surface area (Å²) in [6.45, 7) is 4.01. The van der Waals surface area contributed by atoms with Gasteiger partial charge in [-0.15, -0.1) is 0 Å². The average molecular weight is 245 g/mol. The first-order valence-electron chi connectivity index (χ1n) is 6.17. The van der Waals surface area contributed by atoms with Gasteiger partial charge in [0.2, 0.25) is 5.91 Å². The summed E-state index contributed by atoms with van der Waals surface area (Å²) in [6.07, 6.45) is 1.83. The number of amides is 1. The van der Waals surface area contributed by atoms with Crippen LogP contribution >= 0.6 is 0 Å². The van der Waals surface area contributed by atoms with E-state index in [0.717, 1.165) is 23.2 Å². The van der Waals surface area contributed by atoms with Crippen molar-refractivity contribution in [3.8, 4) is 11.8 Å². The van der Waals surface area contributed by atoms with E-state index in [1.54, 1.807) is 0 Å². The Kier molecular flexibility index (Phi) is 5.96. The van der Waals surface area contributed by atoms with Crippen molar-refractivity contribution in [2.75, 3.05) is 11.9 Å². The minimum absolute atomic E-state index is 0.0253. The standard InChI is InChI=1S/C15H19NO2/c1-3-6-15(18)16-14-10-12(2)9-13(11-14)7-4-5-8-17/h9-11,17H,3,5-6,8H2,1-2H3,(H,16,18). The van der Waals surface area contributed by atoms with E-state index in [2.05, 4.69) is 17.2 Å². The highest BCUT2D eigenvalue weighted by Crippen LogP contribution is 2.14. The van der Waals surface area contributed by atoms with Crippen molar-refractivity contribution in [2.24, 2.45) is 0 Å². The van der Waals surface area contributed by atoms with Crippen LogP contribution in [-0.2, 0) is 4.79 Å². The predicted octanol–water partition coefficient (Wildman–Crippen LogP) is 2.47. The van der Waals surface area contributed by atoms with Crippen molar-refractivity contribution in [3.63, 3.8) is 0 Å². The molecule has 0 fully saturated rings. The van der Waals surface area contributed by atoms with Crippen LogP contribution in [0.5, 0.6) is 0 Å². The molecular weight excluding hydrogens is 226 g/mol. The van der Waals surface area contributed by atoms with Crippen molar-refractivity contribution in [2.45, 2.75) is 33.1 Å². The number of aliphatic hydroxyl groups excluding tert-OH is 1. The number of anilines is 1. The molecule has 0 aliphatic carbocycles. The van der Waals surface area contributed by atoms with Crippen LogP contribution in [0.25, 0.3) is 0 Å². The fourth-order valence-corrected chi connectivity index (χ4v) is 1.60. The first-order chi connectivity index (χ1) is 8.65. The Morgan fingerprint density at radius 1 is 1.39 bits per heavy atom. The maximum Gasteiger partial charge on any atom is 0.224 e. The Hall–Kier alpha value is -1.79. The maximum absolute atomic E-state index is 11.5. The van der Waals surface area contributed by atoms with Crippen LogP contribution in [0.4, 0.5) is 5.69 Å².